The maximum Gasteiger partial charge on any atom is 0.126 e. The molecule has 0 aliphatic heterocycles. The summed E-state index contributed by atoms with van der Waals surface area (Å²) in [7, 11) is 0. The fourth-order valence-electron chi connectivity index (χ4n) is 3.70. The van der Waals surface area contributed by atoms with Crippen molar-refractivity contribution in [3.05, 3.63) is 0 Å². The molecule has 0 bridgehead atoms. The van der Waals surface area contributed by atoms with E-state index in [1.807, 2.05) is 6.92 Å². The van der Waals surface area contributed by atoms with Crippen molar-refractivity contribution in [3.63, 3.8) is 0 Å². The lowest BCUT2D eigenvalue weighted by Crippen LogP contribution is -2.61. The molecule has 0 aromatic heterocycles. The van der Waals surface area contributed by atoms with Gasteiger partial charge >= 0.3 is 0 Å². The number of quaternary nitrogens is 1. The van der Waals surface area contributed by atoms with Gasteiger partial charge in [-0.1, -0.05) is 59.3 Å². The molecule has 3 nitrogen and oxygen atoms in total. The van der Waals surface area contributed by atoms with Gasteiger partial charge < -0.3 is 14.4 Å². The van der Waals surface area contributed by atoms with Crippen LogP contribution in [0.5, 0.6) is 0 Å². The molecule has 0 aliphatic rings. The third kappa shape index (κ3) is 9.66. The molecule has 24 heavy (non-hydrogen) atoms. The number of hydrogen-bond acceptors (Lipinski definition) is 2. The van der Waals surface area contributed by atoms with Crippen LogP contribution in [0.2, 0.25) is 0 Å². The molecule has 144 valence electrons. The zero-order chi connectivity index (χ0) is 18.3. The molecule has 1 unspecified atom stereocenters. The average molecular weight is 342 g/mol. The predicted octanol–water partition coefficient (Wildman–Crippen LogP) is 4.68. The molecule has 3 heteroatoms. The van der Waals surface area contributed by atoms with Crippen LogP contribution in [0.3, 0.4) is 0 Å². The SMILES string of the molecule is CCCCCC[N+](CCCCCC)(CCCCCC)C(C)C(=O)[O-]. The molecular formula is C21H43NO2. The van der Waals surface area contributed by atoms with E-state index in [0.29, 0.717) is 0 Å². The van der Waals surface area contributed by atoms with Crippen LogP contribution in [0.15, 0.2) is 0 Å². The molecule has 0 aromatic carbocycles. The zero-order valence-electron chi connectivity index (χ0n) is 16.9. The highest BCUT2D eigenvalue weighted by molar-refractivity contribution is 5.69. The molecule has 0 aromatic rings. The van der Waals surface area contributed by atoms with E-state index in [2.05, 4.69) is 20.8 Å². The largest absolute Gasteiger partial charge is 0.544 e. The summed E-state index contributed by atoms with van der Waals surface area (Å²) in [6.07, 6.45) is 14.5. The lowest BCUT2D eigenvalue weighted by atomic mass is 10.0. The Morgan fingerprint density at radius 3 is 1.29 bits per heavy atom. The minimum atomic E-state index is -0.864. The van der Waals surface area contributed by atoms with Crippen molar-refractivity contribution < 1.29 is 14.4 Å². The minimum absolute atomic E-state index is 0.380. The molecule has 0 spiro atoms. The van der Waals surface area contributed by atoms with E-state index in [9.17, 15) is 9.90 Å². The summed E-state index contributed by atoms with van der Waals surface area (Å²) in [4.78, 5) is 11.7. The van der Waals surface area contributed by atoms with Crippen LogP contribution >= 0.6 is 0 Å². The number of nitrogens with zero attached hydrogens (tertiary/aromatic N) is 1. The van der Waals surface area contributed by atoms with Gasteiger partial charge in [-0.3, -0.25) is 0 Å². The van der Waals surface area contributed by atoms with Crippen molar-refractivity contribution in [2.24, 2.45) is 0 Å². The molecule has 0 saturated heterocycles. The number of hydrogen-bond donors (Lipinski definition) is 0. The van der Waals surface area contributed by atoms with Gasteiger partial charge in [0, 0.05) is 0 Å². The maximum atomic E-state index is 11.7. The van der Waals surface area contributed by atoms with E-state index >= 15 is 0 Å². The highest BCUT2D eigenvalue weighted by Gasteiger charge is 2.33. The van der Waals surface area contributed by atoms with E-state index in [1.54, 1.807) is 0 Å². The standard InChI is InChI=1S/C21H43NO2/c1-5-8-11-14-17-22(20(4)21(23)24,18-15-12-9-6-2)19-16-13-10-7-3/h20H,5-19H2,1-4H3. The molecule has 1 atom stereocenters. The summed E-state index contributed by atoms with van der Waals surface area (Å²) >= 11 is 0. The number of aliphatic carboxylic acids is 1. The van der Waals surface area contributed by atoms with Crippen LogP contribution in [0.1, 0.15) is 105 Å². The second-order valence-electron chi connectivity index (χ2n) is 7.57. The Morgan fingerprint density at radius 2 is 1.04 bits per heavy atom. The number of carboxylic acid groups (broad SMARTS) is 1. The van der Waals surface area contributed by atoms with E-state index in [-0.39, 0.29) is 6.04 Å². The summed E-state index contributed by atoms with van der Waals surface area (Å²) in [5, 5.41) is 11.7. The summed E-state index contributed by atoms with van der Waals surface area (Å²) in [5.74, 6) is -0.864. The Bertz CT molecular complexity index is 273. The van der Waals surface area contributed by atoms with Crippen molar-refractivity contribution >= 4 is 5.97 Å². The Hall–Kier alpha value is -0.570. The van der Waals surface area contributed by atoms with Gasteiger partial charge in [0.2, 0.25) is 0 Å². The third-order valence-electron chi connectivity index (χ3n) is 5.53. The highest BCUT2D eigenvalue weighted by Crippen LogP contribution is 2.21. The number of carboxylic acids is 1. The molecule has 0 rings (SSSR count). The number of carbonyl (C=O) groups excluding carboxylic acids is 1. The maximum absolute atomic E-state index is 11.7. The smallest absolute Gasteiger partial charge is 0.126 e. The first-order chi connectivity index (χ1) is 11.5. The van der Waals surface area contributed by atoms with E-state index in [1.165, 1.54) is 57.8 Å². The Morgan fingerprint density at radius 1 is 0.708 bits per heavy atom. The Labute approximate surface area is 151 Å². The van der Waals surface area contributed by atoms with Gasteiger partial charge in [-0.25, -0.2) is 0 Å². The molecular weight excluding hydrogens is 298 g/mol. The van der Waals surface area contributed by atoms with Crippen molar-refractivity contribution in [2.45, 2.75) is 111 Å². The molecule has 0 fully saturated rings. The quantitative estimate of drug-likeness (QED) is 0.284. The van der Waals surface area contributed by atoms with Crippen molar-refractivity contribution in [2.75, 3.05) is 19.6 Å². The van der Waals surface area contributed by atoms with Gasteiger partial charge in [0.05, 0.1) is 25.6 Å². The topological polar surface area (TPSA) is 40.1 Å². The van der Waals surface area contributed by atoms with Crippen molar-refractivity contribution in [3.8, 4) is 0 Å². The van der Waals surface area contributed by atoms with E-state index in [0.717, 1.165) is 43.4 Å². The first-order valence-corrected chi connectivity index (χ1v) is 10.6. The lowest BCUT2D eigenvalue weighted by molar-refractivity contribution is -0.944. The molecule has 0 radical (unpaired) electrons. The fraction of sp³-hybridized carbons (Fsp3) is 0.952. The Balaban J connectivity index is 4.89. The van der Waals surface area contributed by atoms with Crippen LogP contribution < -0.4 is 5.11 Å². The summed E-state index contributed by atoms with van der Waals surface area (Å²) < 4.78 is 0.749. The lowest BCUT2D eigenvalue weighted by Gasteiger charge is -2.44. The fourth-order valence-corrected chi connectivity index (χ4v) is 3.70. The van der Waals surface area contributed by atoms with Gasteiger partial charge in [-0.05, 0) is 45.4 Å². The molecule has 0 saturated carbocycles. The number of rotatable bonds is 17. The van der Waals surface area contributed by atoms with Crippen LogP contribution in [-0.4, -0.2) is 36.1 Å². The van der Waals surface area contributed by atoms with Crippen molar-refractivity contribution in [1.82, 2.24) is 0 Å². The summed E-state index contributed by atoms with van der Waals surface area (Å²) in [5.41, 5.74) is 0. The predicted molar refractivity (Wildman–Crippen MR) is 102 cm³/mol. The van der Waals surface area contributed by atoms with Gasteiger partial charge in [0.25, 0.3) is 0 Å². The van der Waals surface area contributed by atoms with Gasteiger partial charge in [0.15, 0.2) is 0 Å². The van der Waals surface area contributed by atoms with Crippen LogP contribution in [0, 0.1) is 0 Å². The third-order valence-corrected chi connectivity index (χ3v) is 5.53. The van der Waals surface area contributed by atoms with Gasteiger partial charge in [0.1, 0.15) is 6.04 Å². The zero-order valence-corrected chi connectivity index (χ0v) is 16.9. The summed E-state index contributed by atoms with van der Waals surface area (Å²) in [6, 6.07) is -0.380. The number of carbonyl (C=O) groups is 1. The van der Waals surface area contributed by atoms with Crippen molar-refractivity contribution in [1.29, 1.82) is 0 Å². The van der Waals surface area contributed by atoms with Crippen LogP contribution in [-0.2, 0) is 4.79 Å². The number of unbranched alkanes of at least 4 members (excludes halogenated alkanes) is 9. The molecule has 0 amide bonds. The van der Waals surface area contributed by atoms with E-state index in [4.69, 9.17) is 0 Å². The normalized spacial score (nSPS) is 13.2. The van der Waals surface area contributed by atoms with Crippen LogP contribution in [0.4, 0.5) is 0 Å². The Kier molecular flexibility index (Phi) is 14.4. The molecule has 0 heterocycles. The van der Waals surface area contributed by atoms with Crippen LogP contribution in [0.25, 0.3) is 0 Å². The molecule has 0 N–H and O–H groups in total. The second kappa shape index (κ2) is 14.7. The monoisotopic (exact) mass is 341 g/mol. The second-order valence-corrected chi connectivity index (χ2v) is 7.57. The average Bonchev–Trinajstić information content (AvgIpc) is 2.58. The summed E-state index contributed by atoms with van der Waals surface area (Å²) in [6.45, 7) is 11.6. The minimum Gasteiger partial charge on any atom is -0.544 e. The first kappa shape index (κ1) is 23.4. The highest BCUT2D eigenvalue weighted by atomic mass is 16.4. The first-order valence-electron chi connectivity index (χ1n) is 10.6. The molecule has 0 aliphatic carbocycles. The van der Waals surface area contributed by atoms with E-state index < -0.39 is 5.97 Å². The van der Waals surface area contributed by atoms with Gasteiger partial charge in [-0.2, -0.15) is 0 Å². The van der Waals surface area contributed by atoms with Gasteiger partial charge in [-0.15, -0.1) is 0 Å².